The van der Waals surface area contributed by atoms with E-state index < -0.39 is 9.96 Å². The molecule has 2 aromatic rings. The molecule has 0 aliphatic carbocycles. The summed E-state index contributed by atoms with van der Waals surface area (Å²) in [4.78, 5) is 22.2. The number of hydrogen-bond acceptors (Lipinski definition) is 3. The van der Waals surface area contributed by atoms with Crippen molar-refractivity contribution in [1.29, 1.82) is 0 Å². The predicted molar refractivity (Wildman–Crippen MR) is 141 cm³/mol. The SMILES string of the molecule is CN1CCC(/C=C/C(=O)NC(N2CCCN(c3cccc4cc[nH]c34)C2=S)C(Cl)(Cl)Cl)CC1. The summed E-state index contributed by atoms with van der Waals surface area (Å²) in [7, 11) is 2.11. The van der Waals surface area contributed by atoms with Gasteiger partial charge in [-0.2, -0.15) is 0 Å². The lowest BCUT2D eigenvalue weighted by molar-refractivity contribution is -0.118. The van der Waals surface area contributed by atoms with Gasteiger partial charge in [-0.3, -0.25) is 4.79 Å². The number of fused-ring (bicyclic) bond motifs is 1. The van der Waals surface area contributed by atoms with Crippen molar-refractivity contribution in [1.82, 2.24) is 20.1 Å². The van der Waals surface area contributed by atoms with Crippen molar-refractivity contribution in [3.05, 3.63) is 42.6 Å². The highest BCUT2D eigenvalue weighted by molar-refractivity contribution is 7.80. The van der Waals surface area contributed by atoms with Crippen LogP contribution in [-0.2, 0) is 4.79 Å². The molecule has 2 N–H and O–H groups in total. The molecule has 2 saturated heterocycles. The van der Waals surface area contributed by atoms with E-state index in [4.69, 9.17) is 47.0 Å². The fourth-order valence-electron chi connectivity index (χ4n) is 4.47. The summed E-state index contributed by atoms with van der Waals surface area (Å²) < 4.78 is -1.76. The van der Waals surface area contributed by atoms with Crippen LogP contribution in [0, 0.1) is 5.92 Å². The van der Waals surface area contributed by atoms with Crippen LogP contribution in [-0.4, -0.2) is 69.0 Å². The van der Waals surface area contributed by atoms with Crippen LogP contribution >= 0.6 is 47.0 Å². The van der Waals surface area contributed by atoms with E-state index in [9.17, 15) is 4.79 Å². The fourth-order valence-corrected chi connectivity index (χ4v) is 5.37. The monoisotopic (exact) mass is 527 g/mol. The normalized spacial score (nSPS) is 20.1. The number of H-pyrrole nitrogens is 1. The molecule has 2 aliphatic heterocycles. The van der Waals surface area contributed by atoms with Gasteiger partial charge in [0.1, 0.15) is 0 Å². The number of amides is 1. The molecule has 0 saturated carbocycles. The Morgan fingerprint density at radius 3 is 2.70 bits per heavy atom. The molecule has 10 heteroatoms. The number of halogens is 3. The van der Waals surface area contributed by atoms with Gasteiger partial charge < -0.3 is 25.0 Å². The number of hydrogen-bond donors (Lipinski definition) is 2. The van der Waals surface area contributed by atoms with Crippen molar-refractivity contribution in [3.8, 4) is 0 Å². The lowest BCUT2D eigenvalue weighted by Crippen LogP contribution is -2.62. The molecule has 1 unspecified atom stereocenters. The van der Waals surface area contributed by atoms with Crippen LogP contribution in [0.4, 0.5) is 5.69 Å². The van der Waals surface area contributed by atoms with Crippen LogP contribution in [0.5, 0.6) is 0 Å². The number of aromatic amines is 1. The van der Waals surface area contributed by atoms with E-state index in [2.05, 4.69) is 22.2 Å². The van der Waals surface area contributed by atoms with Crippen molar-refractivity contribution >= 4 is 74.6 Å². The summed E-state index contributed by atoms with van der Waals surface area (Å²) in [6.07, 6.45) is 7.40. The highest BCUT2D eigenvalue weighted by Crippen LogP contribution is 2.35. The molecule has 1 atom stereocenters. The fraction of sp³-hybridized carbons (Fsp3) is 0.478. The number of carbonyl (C=O) groups is 1. The van der Waals surface area contributed by atoms with Gasteiger partial charge >= 0.3 is 0 Å². The van der Waals surface area contributed by atoms with Crippen molar-refractivity contribution in [2.24, 2.45) is 5.92 Å². The van der Waals surface area contributed by atoms with Crippen molar-refractivity contribution in [2.45, 2.75) is 29.2 Å². The third-order valence-electron chi connectivity index (χ3n) is 6.30. The topological polar surface area (TPSA) is 54.6 Å². The maximum Gasteiger partial charge on any atom is 0.245 e. The van der Waals surface area contributed by atoms with Crippen molar-refractivity contribution in [3.63, 3.8) is 0 Å². The number of carbonyl (C=O) groups excluding carboxylic acids is 1. The Kier molecular flexibility index (Phi) is 7.76. The van der Waals surface area contributed by atoms with Crippen LogP contribution in [0.25, 0.3) is 10.9 Å². The molecule has 178 valence electrons. The first kappa shape index (κ1) is 24.6. The molecule has 1 aromatic carbocycles. The highest BCUT2D eigenvalue weighted by Gasteiger charge is 2.42. The first-order chi connectivity index (χ1) is 15.7. The summed E-state index contributed by atoms with van der Waals surface area (Å²) in [5.41, 5.74) is 1.96. The molecule has 1 aromatic heterocycles. The Morgan fingerprint density at radius 2 is 1.97 bits per heavy atom. The quantitative estimate of drug-likeness (QED) is 0.335. The summed E-state index contributed by atoms with van der Waals surface area (Å²) in [6, 6.07) is 8.07. The zero-order valence-corrected chi connectivity index (χ0v) is 21.5. The molecule has 1 amide bonds. The number of piperidine rings is 1. The molecule has 0 bridgehead atoms. The van der Waals surface area contributed by atoms with Crippen LogP contribution in [0.2, 0.25) is 0 Å². The van der Waals surface area contributed by atoms with Gasteiger partial charge in [-0.1, -0.05) is 53.0 Å². The van der Waals surface area contributed by atoms with Gasteiger partial charge in [-0.25, -0.2) is 0 Å². The molecule has 6 nitrogen and oxygen atoms in total. The summed E-state index contributed by atoms with van der Waals surface area (Å²) in [5, 5.41) is 4.49. The van der Waals surface area contributed by atoms with E-state index in [0.29, 0.717) is 17.6 Å². The Balaban J connectivity index is 1.50. The Bertz CT molecular complexity index is 1030. The number of nitrogens with one attached hydrogen (secondary N) is 2. The molecule has 4 rings (SSSR count). The van der Waals surface area contributed by atoms with Crippen LogP contribution < -0.4 is 10.2 Å². The Morgan fingerprint density at radius 1 is 1.21 bits per heavy atom. The van der Waals surface area contributed by atoms with E-state index >= 15 is 0 Å². The molecule has 33 heavy (non-hydrogen) atoms. The second-order valence-corrected chi connectivity index (χ2v) is 11.4. The van der Waals surface area contributed by atoms with E-state index in [1.165, 1.54) is 0 Å². The number of likely N-dealkylation sites (tertiary alicyclic amines) is 1. The molecule has 0 spiro atoms. The number of para-hydroxylation sites is 1. The maximum atomic E-state index is 12.8. The van der Waals surface area contributed by atoms with E-state index in [0.717, 1.165) is 55.5 Å². The summed E-state index contributed by atoms with van der Waals surface area (Å²) in [5.74, 6) is 0.0858. The van der Waals surface area contributed by atoms with Crippen molar-refractivity contribution < 1.29 is 4.79 Å². The van der Waals surface area contributed by atoms with Crippen LogP contribution in [0.15, 0.2) is 42.6 Å². The molecular weight excluding hydrogens is 501 g/mol. The minimum atomic E-state index is -1.76. The number of allylic oxidation sites excluding steroid dienone is 1. The summed E-state index contributed by atoms with van der Waals surface area (Å²) in [6.45, 7) is 3.37. The maximum absolute atomic E-state index is 12.8. The lowest BCUT2D eigenvalue weighted by atomic mass is 9.97. The number of nitrogens with zero attached hydrogens (tertiary/aromatic N) is 3. The molecule has 2 fully saturated rings. The van der Waals surface area contributed by atoms with Gasteiger partial charge in [0, 0.05) is 24.7 Å². The molecule has 3 heterocycles. The summed E-state index contributed by atoms with van der Waals surface area (Å²) >= 11 is 24.8. The number of anilines is 1. The first-order valence-electron chi connectivity index (χ1n) is 11.1. The van der Waals surface area contributed by atoms with Gasteiger partial charge in [-0.15, -0.1) is 0 Å². The standard InChI is InChI=1S/C23H28Cl3N5OS/c1-29-14-9-16(10-15-29)6-7-19(32)28-21(23(24,25)26)31-13-3-12-30(22(31)33)18-5-2-4-17-8-11-27-20(17)18/h2,4-8,11,16,21,27H,3,9-10,12-15H2,1H3,(H,28,32)/b7-6+. The highest BCUT2D eigenvalue weighted by atomic mass is 35.6. The number of rotatable bonds is 5. The number of aromatic nitrogens is 1. The first-order valence-corrected chi connectivity index (χ1v) is 12.7. The molecule has 0 radical (unpaired) electrons. The molecule has 2 aliphatic rings. The van der Waals surface area contributed by atoms with Gasteiger partial charge in [0.05, 0.1) is 11.2 Å². The lowest BCUT2D eigenvalue weighted by Gasteiger charge is -2.44. The number of alkyl halides is 3. The van der Waals surface area contributed by atoms with Crippen LogP contribution in [0.1, 0.15) is 19.3 Å². The van der Waals surface area contributed by atoms with Crippen LogP contribution in [0.3, 0.4) is 0 Å². The minimum Gasteiger partial charge on any atom is -0.359 e. The Labute approximate surface area is 214 Å². The number of benzene rings is 1. The van der Waals surface area contributed by atoms with Gasteiger partial charge in [0.15, 0.2) is 11.3 Å². The third kappa shape index (κ3) is 5.77. The predicted octanol–water partition coefficient (Wildman–Crippen LogP) is 4.68. The zero-order chi connectivity index (χ0) is 23.6. The average Bonchev–Trinajstić information content (AvgIpc) is 3.26. The van der Waals surface area contributed by atoms with Gasteiger partial charge in [-0.05, 0) is 75.7 Å². The average molecular weight is 529 g/mol. The van der Waals surface area contributed by atoms with E-state index in [1.807, 2.05) is 41.4 Å². The second kappa shape index (κ2) is 10.4. The van der Waals surface area contributed by atoms with Gasteiger partial charge in [0.25, 0.3) is 0 Å². The third-order valence-corrected chi connectivity index (χ3v) is 7.37. The van der Waals surface area contributed by atoms with E-state index in [1.54, 1.807) is 11.0 Å². The molecular formula is C23H28Cl3N5OS. The zero-order valence-electron chi connectivity index (χ0n) is 18.4. The second-order valence-electron chi connectivity index (χ2n) is 8.65. The smallest absolute Gasteiger partial charge is 0.245 e. The van der Waals surface area contributed by atoms with Crippen molar-refractivity contribution in [2.75, 3.05) is 38.1 Å². The minimum absolute atomic E-state index is 0.295. The van der Waals surface area contributed by atoms with Gasteiger partial charge in [0.2, 0.25) is 9.70 Å². The Hall–Kier alpha value is -1.51. The largest absolute Gasteiger partial charge is 0.359 e. The number of thiocarbonyl (C=S) groups is 1. The van der Waals surface area contributed by atoms with E-state index in [-0.39, 0.29) is 5.91 Å².